The van der Waals surface area contributed by atoms with Gasteiger partial charge >= 0.3 is 0 Å². The molecule has 1 aliphatic carbocycles. The molecule has 2 heterocycles. The van der Waals surface area contributed by atoms with E-state index in [-0.39, 0.29) is 17.9 Å². The summed E-state index contributed by atoms with van der Waals surface area (Å²) < 4.78 is 12.4. The van der Waals surface area contributed by atoms with Crippen molar-refractivity contribution in [2.75, 3.05) is 26.9 Å². The number of amides is 2. The second-order valence-electron chi connectivity index (χ2n) is 9.39. The Balaban J connectivity index is 1.61. The van der Waals surface area contributed by atoms with Crippen molar-refractivity contribution in [2.45, 2.75) is 70.5 Å². The molecule has 4 rings (SSSR count). The topological polar surface area (TPSA) is 85.7 Å². The van der Waals surface area contributed by atoms with Gasteiger partial charge in [-0.25, -0.2) is 0 Å². The molecule has 0 radical (unpaired) electrons. The van der Waals surface area contributed by atoms with Crippen LogP contribution in [0, 0.1) is 0 Å². The van der Waals surface area contributed by atoms with Gasteiger partial charge in [0.25, 0.3) is 5.91 Å². The maximum Gasteiger partial charge on any atom is 0.273 e. The van der Waals surface area contributed by atoms with Gasteiger partial charge in [-0.2, -0.15) is 5.10 Å². The van der Waals surface area contributed by atoms with Crippen molar-refractivity contribution in [1.82, 2.24) is 20.0 Å². The Morgan fingerprint density at radius 1 is 1.21 bits per heavy atom. The molecule has 34 heavy (non-hydrogen) atoms. The maximum atomic E-state index is 13.7. The van der Waals surface area contributed by atoms with Crippen LogP contribution in [0.3, 0.4) is 0 Å². The number of methoxy groups -OCH3 is 1. The van der Waals surface area contributed by atoms with Crippen LogP contribution in [0.5, 0.6) is 5.75 Å². The first-order chi connectivity index (χ1) is 16.5. The number of ether oxygens (including phenoxy) is 2. The fourth-order valence-corrected chi connectivity index (χ4v) is 4.95. The summed E-state index contributed by atoms with van der Waals surface area (Å²) in [6, 6.07) is 9.58. The molecular weight excluding hydrogens is 432 g/mol. The number of carbonyl (C=O) groups is 2. The van der Waals surface area contributed by atoms with Gasteiger partial charge < -0.3 is 19.7 Å². The van der Waals surface area contributed by atoms with Gasteiger partial charge in [-0.05, 0) is 63.4 Å². The summed E-state index contributed by atoms with van der Waals surface area (Å²) in [7, 11) is 1.63. The summed E-state index contributed by atoms with van der Waals surface area (Å²) in [6.45, 7) is 5.77. The monoisotopic (exact) mass is 468 g/mol. The first-order valence-electron chi connectivity index (χ1n) is 12.4. The zero-order valence-electron chi connectivity index (χ0n) is 20.5. The van der Waals surface area contributed by atoms with E-state index < -0.39 is 5.54 Å². The molecule has 1 unspecified atom stereocenters. The minimum Gasteiger partial charge on any atom is -0.497 e. The van der Waals surface area contributed by atoms with E-state index in [9.17, 15) is 9.59 Å². The molecule has 1 aromatic heterocycles. The van der Waals surface area contributed by atoms with Crippen LogP contribution in [0.1, 0.15) is 62.9 Å². The van der Waals surface area contributed by atoms with E-state index in [1.807, 2.05) is 44.2 Å². The number of aromatic nitrogens is 2. The molecule has 1 saturated carbocycles. The van der Waals surface area contributed by atoms with Gasteiger partial charge in [0.2, 0.25) is 5.91 Å². The molecular formula is C26H36N4O4. The van der Waals surface area contributed by atoms with Crippen molar-refractivity contribution >= 4 is 11.8 Å². The highest BCUT2D eigenvalue weighted by atomic mass is 16.5. The minimum atomic E-state index is -1.02. The highest BCUT2D eigenvalue weighted by molar-refractivity contribution is 6.00. The average molecular weight is 469 g/mol. The lowest BCUT2D eigenvalue weighted by Gasteiger charge is -2.44. The Morgan fingerprint density at radius 2 is 1.94 bits per heavy atom. The van der Waals surface area contributed by atoms with Crippen LogP contribution in [-0.2, 0) is 16.1 Å². The third-order valence-electron chi connectivity index (χ3n) is 6.99. The number of benzene rings is 1. The van der Waals surface area contributed by atoms with E-state index in [0.717, 1.165) is 37.0 Å². The summed E-state index contributed by atoms with van der Waals surface area (Å²) in [4.78, 5) is 29.0. The third-order valence-corrected chi connectivity index (χ3v) is 6.99. The lowest BCUT2D eigenvalue weighted by molar-refractivity contribution is -0.134. The second-order valence-corrected chi connectivity index (χ2v) is 9.39. The van der Waals surface area contributed by atoms with Crippen LogP contribution >= 0.6 is 0 Å². The van der Waals surface area contributed by atoms with Gasteiger partial charge in [-0.3, -0.25) is 14.3 Å². The largest absolute Gasteiger partial charge is 0.497 e. The Bertz CT molecular complexity index is 997. The van der Waals surface area contributed by atoms with Gasteiger partial charge in [-0.1, -0.05) is 19.3 Å². The van der Waals surface area contributed by atoms with Crippen LogP contribution < -0.4 is 10.1 Å². The summed E-state index contributed by atoms with van der Waals surface area (Å²) >= 11 is 0. The van der Waals surface area contributed by atoms with Gasteiger partial charge in [0.15, 0.2) is 0 Å². The molecule has 2 aliphatic rings. The zero-order valence-corrected chi connectivity index (χ0v) is 20.5. The van der Waals surface area contributed by atoms with Crippen LogP contribution in [0.4, 0.5) is 0 Å². The van der Waals surface area contributed by atoms with E-state index >= 15 is 0 Å². The minimum absolute atomic E-state index is 0.101. The highest BCUT2D eigenvalue weighted by Crippen LogP contribution is 2.31. The van der Waals surface area contributed by atoms with Crippen molar-refractivity contribution in [3.8, 4) is 17.0 Å². The lowest BCUT2D eigenvalue weighted by Crippen LogP contribution is -2.65. The summed E-state index contributed by atoms with van der Waals surface area (Å²) in [5.74, 6) is 0.490. The van der Waals surface area contributed by atoms with Crippen LogP contribution in [0.25, 0.3) is 11.3 Å². The van der Waals surface area contributed by atoms with Crippen LogP contribution in [0.2, 0.25) is 0 Å². The Labute approximate surface area is 201 Å². The van der Waals surface area contributed by atoms with Gasteiger partial charge in [0.05, 0.1) is 19.3 Å². The van der Waals surface area contributed by atoms with Crippen molar-refractivity contribution in [2.24, 2.45) is 0 Å². The number of nitrogens with zero attached hydrogens (tertiary/aromatic N) is 3. The summed E-state index contributed by atoms with van der Waals surface area (Å²) in [6.07, 6.45) is 6.14. The maximum absolute atomic E-state index is 13.7. The van der Waals surface area contributed by atoms with Crippen molar-refractivity contribution in [1.29, 1.82) is 0 Å². The van der Waals surface area contributed by atoms with Gasteiger partial charge in [0, 0.05) is 31.4 Å². The van der Waals surface area contributed by atoms with Gasteiger partial charge in [0.1, 0.15) is 17.0 Å². The lowest BCUT2D eigenvalue weighted by atomic mass is 9.91. The van der Waals surface area contributed by atoms with Crippen LogP contribution in [0.15, 0.2) is 30.3 Å². The smallest absolute Gasteiger partial charge is 0.273 e. The number of hydrogen-bond donors (Lipinski definition) is 1. The fourth-order valence-electron chi connectivity index (χ4n) is 4.95. The predicted molar refractivity (Wildman–Crippen MR) is 130 cm³/mol. The molecule has 1 atom stereocenters. The molecule has 1 aromatic carbocycles. The van der Waals surface area contributed by atoms with E-state index in [0.29, 0.717) is 44.1 Å². The number of carbonyl (C=O) groups excluding carboxylic acids is 2. The highest BCUT2D eigenvalue weighted by Gasteiger charge is 2.48. The van der Waals surface area contributed by atoms with E-state index in [1.165, 1.54) is 6.42 Å². The third kappa shape index (κ3) is 4.97. The normalized spacial score (nSPS) is 20.8. The predicted octanol–water partition coefficient (Wildman–Crippen LogP) is 3.65. The molecule has 1 N–H and O–H groups in total. The molecule has 1 aliphatic heterocycles. The summed E-state index contributed by atoms with van der Waals surface area (Å²) in [5, 5.41) is 7.96. The average Bonchev–Trinajstić information content (AvgIpc) is 3.28. The molecule has 1 fully saturated rings. The summed E-state index contributed by atoms with van der Waals surface area (Å²) in [5.41, 5.74) is 1.09. The van der Waals surface area contributed by atoms with Crippen molar-refractivity contribution in [3.05, 3.63) is 36.0 Å². The molecule has 0 saturated heterocycles. The molecule has 0 bridgehead atoms. The Hall–Kier alpha value is -2.87. The SMILES string of the molecule is CCOCCCN1C(=O)c2cc(-c3ccc(OC)cc3)nn2CC1(C)C(=O)NC1CCCCC1. The first-order valence-corrected chi connectivity index (χ1v) is 12.4. The molecule has 2 aromatic rings. The van der Waals surface area contributed by atoms with Gasteiger partial charge in [-0.15, -0.1) is 0 Å². The molecule has 184 valence electrons. The number of hydrogen-bond acceptors (Lipinski definition) is 5. The van der Waals surface area contributed by atoms with E-state index in [4.69, 9.17) is 14.6 Å². The molecule has 8 heteroatoms. The number of rotatable bonds is 9. The standard InChI is InChI=1S/C26H36N4O4/c1-4-34-16-8-15-29-24(31)23-17-22(19-11-13-21(33-3)14-12-19)28-30(23)18-26(29,2)25(32)27-20-9-6-5-7-10-20/h11-14,17,20H,4-10,15-16,18H2,1-3H3,(H,27,32). The Morgan fingerprint density at radius 3 is 2.62 bits per heavy atom. The fraction of sp³-hybridized carbons (Fsp3) is 0.577. The first kappa shape index (κ1) is 24.3. The Kier molecular flexibility index (Phi) is 7.56. The van der Waals surface area contributed by atoms with E-state index in [1.54, 1.807) is 16.7 Å². The van der Waals surface area contributed by atoms with Crippen molar-refractivity contribution < 1.29 is 19.1 Å². The molecule has 8 nitrogen and oxygen atoms in total. The molecule has 0 spiro atoms. The van der Waals surface area contributed by atoms with Crippen molar-refractivity contribution in [3.63, 3.8) is 0 Å². The number of fused-ring (bicyclic) bond motifs is 1. The number of nitrogens with one attached hydrogen (secondary N) is 1. The zero-order chi connectivity index (χ0) is 24.1. The van der Waals surface area contributed by atoms with Crippen LogP contribution in [-0.4, -0.2) is 64.9 Å². The van der Waals surface area contributed by atoms with E-state index in [2.05, 4.69) is 5.32 Å². The quantitative estimate of drug-likeness (QED) is 0.568. The second kappa shape index (κ2) is 10.6. The molecule has 2 amide bonds.